The van der Waals surface area contributed by atoms with Crippen LogP contribution in [-0.2, 0) is 4.79 Å². The van der Waals surface area contributed by atoms with E-state index in [0.29, 0.717) is 18.3 Å². The fourth-order valence-corrected chi connectivity index (χ4v) is 2.31. The van der Waals surface area contributed by atoms with Gasteiger partial charge in [0.15, 0.2) is 11.4 Å². The van der Waals surface area contributed by atoms with Crippen molar-refractivity contribution < 1.29 is 19.4 Å². The van der Waals surface area contributed by atoms with Gasteiger partial charge < -0.3 is 15.2 Å². The molecule has 1 aromatic carbocycles. The van der Waals surface area contributed by atoms with Crippen molar-refractivity contribution in [2.45, 2.75) is 27.2 Å². The smallest absolute Gasteiger partial charge is 0.303 e. The minimum Gasteiger partial charge on any atom is -0.489 e. The van der Waals surface area contributed by atoms with Crippen LogP contribution in [0.4, 0.5) is 0 Å². The van der Waals surface area contributed by atoms with E-state index in [9.17, 15) is 9.59 Å². The molecule has 1 heterocycles. The van der Waals surface area contributed by atoms with Crippen molar-refractivity contribution in [1.82, 2.24) is 15.1 Å². The number of amides is 1. The van der Waals surface area contributed by atoms with Crippen LogP contribution in [0.15, 0.2) is 36.5 Å². The first-order chi connectivity index (χ1) is 12.4. The number of aromatic nitrogens is 2. The predicted molar refractivity (Wildman–Crippen MR) is 97.6 cm³/mol. The molecule has 0 aliphatic carbocycles. The summed E-state index contributed by atoms with van der Waals surface area (Å²) >= 11 is 0. The number of hydrogen-bond acceptors (Lipinski definition) is 4. The number of benzene rings is 1. The molecule has 140 valence electrons. The number of carbonyl (C=O) groups is 2. The average Bonchev–Trinajstić information content (AvgIpc) is 3.02. The summed E-state index contributed by atoms with van der Waals surface area (Å²) in [6.07, 6.45) is 1.68. The van der Waals surface area contributed by atoms with E-state index in [0.717, 1.165) is 5.69 Å². The van der Waals surface area contributed by atoms with Crippen LogP contribution in [-0.4, -0.2) is 39.9 Å². The van der Waals surface area contributed by atoms with Crippen LogP contribution >= 0.6 is 0 Å². The van der Waals surface area contributed by atoms with Crippen LogP contribution in [0.5, 0.6) is 5.75 Å². The topological polar surface area (TPSA) is 93.5 Å². The Morgan fingerprint density at radius 1 is 1.23 bits per heavy atom. The number of para-hydroxylation sites is 1. The molecule has 0 bridgehead atoms. The van der Waals surface area contributed by atoms with Gasteiger partial charge in [-0.15, -0.1) is 0 Å². The van der Waals surface area contributed by atoms with Crippen molar-refractivity contribution in [3.8, 4) is 11.4 Å². The molecule has 2 rings (SSSR count). The number of carbonyl (C=O) groups excluding carboxylic acids is 1. The highest BCUT2D eigenvalue weighted by Gasteiger charge is 2.20. The first kappa shape index (κ1) is 19.5. The summed E-state index contributed by atoms with van der Waals surface area (Å²) in [5, 5.41) is 15.9. The maximum atomic E-state index is 12.5. The molecule has 7 nitrogen and oxygen atoms in total. The summed E-state index contributed by atoms with van der Waals surface area (Å²) in [7, 11) is 0. The summed E-state index contributed by atoms with van der Waals surface area (Å²) in [5.74, 6) is -0.725. The van der Waals surface area contributed by atoms with Crippen molar-refractivity contribution in [2.24, 2.45) is 11.8 Å². The maximum Gasteiger partial charge on any atom is 0.303 e. The molecular formula is C19H25N3O4. The zero-order valence-electron chi connectivity index (χ0n) is 15.3. The highest BCUT2D eigenvalue weighted by Crippen LogP contribution is 2.21. The standard InChI is InChI=1S/C19H25N3O4/c1-13(2)12-26-16-11-22(15-7-5-4-6-8-15)21-18(16)19(25)20-10-14(3)9-17(23)24/h4-8,11,13-14H,9-10,12H2,1-3H3,(H,20,25)(H,23,24). The van der Waals surface area contributed by atoms with E-state index in [4.69, 9.17) is 9.84 Å². The average molecular weight is 359 g/mol. The number of nitrogens with zero attached hydrogens (tertiary/aromatic N) is 2. The van der Waals surface area contributed by atoms with Crippen molar-refractivity contribution in [1.29, 1.82) is 0 Å². The molecule has 7 heteroatoms. The Kier molecular flexibility index (Phi) is 6.77. The Bertz CT molecular complexity index is 740. The van der Waals surface area contributed by atoms with E-state index >= 15 is 0 Å². The van der Waals surface area contributed by atoms with Gasteiger partial charge in [-0.25, -0.2) is 4.68 Å². The van der Waals surface area contributed by atoms with Gasteiger partial charge in [-0.1, -0.05) is 39.0 Å². The Labute approximate surface area is 153 Å². The van der Waals surface area contributed by atoms with E-state index in [1.807, 2.05) is 44.2 Å². The molecule has 0 saturated heterocycles. The van der Waals surface area contributed by atoms with Crippen molar-refractivity contribution in [2.75, 3.05) is 13.2 Å². The molecule has 0 radical (unpaired) electrons. The lowest BCUT2D eigenvalue weighted by Crippen LogP contribution is -2.30. The van der Waals surface area contributed by atoms with Crippen LogP contribution < -0.4 is 10.1 Å². The second-order valence-electron chi connectivity index (χ2n) is 6.74. The summed E-state index contributed by atoms with van der Waals surface area (Å²) in [6.45, 7) is 6.54. The van der Waals surface area contributed by atoms with Crippen molar-refractivity contribution in [3.05, 3.63) is 42.2 Å². The third kappa shape index (κ3) is 5.61. The van der Waals surface area contributed by atoms with Gasteiger partial charge >= 0.3 is 5.97 Å². The van der Waals surface area contributed by atoms with Crippen LogP contribution in [0.25, 0.3) is 5.69 Å². The molecule has 2 N–H and O–H groups in total. The van der Waals surface area contributed by atoms with Crippen molar-refractivity contribution >= 4 is 11.9 Å². The van der Waals surface area contributed by atoms with Gasteiger partial charge in [-0.05, 0) is 24.0 Å². The lowest BCUT2D eigenvalue weighted by atomic mass is 10.1. The SMILES string of the molecule is CC(C)COc1cn(-c2ccccc2)nc1C(=O)NCC(C)CC(=O)O. The highest BCUT2D eigenvalue weighted by molar-refractivity contribution is 5.95. The van der Waals surface area contributed by atoms with E-state index in [1.165, 1.54) is 0 Å². The number of carboxylic acids is 1. The normalized spacial score (nSPS) is 12.0. The van der Waals surface area contributed by atoms with Gasteiger partial charge in [0, 0.05) is 13.0 Å². The Hall–Kier alpha value is -2.83. The van der Waals surface area contributed by atoms with E-state index in [1.54, 1.807) is 17.8 Å². The number of hydrogen-bond donors (Lipinski definition) is 2. The number of rotatable bonds is 9. The Balaban J connectivity index is 2.17. The zero-order chi connectivity index (χ0) is 19.1. The molecular weight excluding hydrogens is 334 g/mol. The third-order valence-corrected chi connectivity index (χ3v) is 3.62. The molecule has 1 aromatic heterocycles. The molecule has 26 heavy (non-hydrogen) atoms. The van der Waals surface area contributed by atoms with Gasteiger partial charge in [-0.3, -0.25) is 9.59 Å². The third-order valence-electron chi connectivity index (χ3n) is 3.62. The van der Waals surface area contributed by atoms with Crippen molar-refractivity contribution in [3.63, 3.8) is 0 Å². The first-order valence-electron chi connectivity index (χ1n) is 8.64. The van der Waals surface area contributed by atoms with Gasteiger partial charge in [0.2, 0.25) is 0 Å². The van der Waals surface area contributed by atoms with E-state index in [-0.39, 0.29) is 30.5 Å². The molecule has 0 fully saturated rings. The number of ether oxygens (including phenoxy) is 1. The lowest BCUT2D eigenvalue weighted by molar-refractivity contribution is -0.137. The van der Waals surface area contributed by atoms with E-state index in [2.05, 4.69) is 10.4 Å². The van der Waals surface area contributed by atoms with Gasteiger partial charge in [0.25, 0.3) is 5.91 Å². The lowest BCUT2D eigenvalue weighted by Gasteiger charge is -2.11. The fraction of sp³-hybridized carbons (Fsp3) is 0.421. The Morgan fingerprint density at radius 2 is 1.92 bits per heavy atom. The first-order valence-corrected chi connectivity index (χ1v) is 8.64. The number of carboxylic acid groups (broad SMARTS) is 1. The molecule has 2 aromatic rings. The van der Waals surface area contributed by atoms with Gasteiger partial charge in [0.05, 0.1) is 18.5 Å². The molecule has 0 aliphatic heterocycles. The quantitative estimate of drug-likeness (QED) is 0.718. The molecule has 1 atom stereocenters. The molecule has 0 saturated carbocycles. The fourth-order valence-electron chi connectivity index (χ4n) is 2.31. The largest absolute Gasteiger partial charge is 0.489 e. The van der Waals surface area contributed by atoms with Crippen LogP contribution in [0.3, 0.4) is 0 Å². The monoisotopic (exact) mass is 359 g/mol. The summed E-state index contributed by atoms with van der Waals surface area (Å²) < 4.78 is 7.36. The highest BCUT2D eigenvalue weighted by atomic mass is 16.5. The predicted octanol–water partition coefficient (Wildman–Crippen LogP) is 2.75. The minimum absolute atomic E-state index is 0.00452. The molecule has 0 spiro atoms. The second-order valence-corrected chi connectivity index (χ2v) is 6.74. The maximum absolute atomic E-state index is 12.5. The van der Waals surface area contributed by atoms with Crippen LogP contribution in [0, 0.1) is 11.8 Å². The van der Waals surface area contributed by atoms with Crippen LogP contribution in [0.1, 0.15) is 37.7 Å². The summed E-state index contributed by atoms with van der Waals surface area (Å²) in [6, 6.07) is 9.45. The van der Waals surface area contributed by atoms with E-state index < -0.39 is 5.97 Å². The molecule has 0 aliphatic rings. The van der Waals surface area contributed by atoms with Crippen LogP contribution in [0.2, 0.25) is 0 Å². The minimum atomic E-state index is -0.888. The number of nitrogens with one attached hydrogen (secondary N) is 1. The second kappa shape index (κ2) is 9.03. The molecule has 1 unspecified atom stereocenters. The molecule has 1 amide bonds. The number of aliphatic carboxylic acids is 1. The van der Waals surface area contributed by atoms with Gasteiger partial charge in [-0.2, -0.15) is 5.10 Å². The summed E-state index contributed by atoms with van der Waals surface area (Å²) in [4.78, 5) is 23.3. The van der Waals surface area contributed by atoms with Gasteiger partial charge in [0.1, 0.15) is 0 Å². The zero-order valence-corrected chi connectivity index (χ0v) is 15.3. The summed E-state index contributed by atoms with van der Waals surface area (Å²) in [5.41, 5.74) is 1.01. The Morgan fingerprint density at radius 3 is 2.54 bits per heavy atom.